The van der Waals surface area contributed by atoms with Crippen LogP contribution in [0.3, 0.4) is 0 Å². The zero-order valence-electron chi connectivity index (χ0n) is 17.9. The minimum atomic E-state index is 0.709. The second-order valence-corrected chi connectivity index (χ2v) is 6.73. The quantitative estimate of drug-likeness (QED) is 0.456. The van der Waals surface area contributed by atoms with Crippen LogP contribution in [0.15, 0.2) is 72.8 Å². The summed E-state index contributed by atoms with van der Waals surface area (Å²) in [6.07, 6.45) is 9.16. The first-order valence-corrected chi connectivity index (χ1v) is 10.3. The lowest BCUT2D eigenvalue weighted by Gasteiger charge is -2.06. The van der Waals surface area contributed by atoms with Gasteiger partial charge in [-0.2, -0.15) is 0 Å². The Morgan fingerprint density at radius 1 is 0.577 bits per heavy atom. The molecular weight excluding hydrogens is 312 g/mol. The van der Waals surface area contributed by atoms with Crippen LogP contribution in [0.5, 0.6) is 0 Å². The van der Waals surface area contributed by atoms with Gasteiger partial charge in [0.15, 0.2) is 0 Å². The van der Waals surface area contributed by atoms with E-state index in [4.69, 9.17) is 0 Å². The molecule has 0 spiro atoms. The zero-order valence-corrected chi connectivity index (χ0v) is 17.9. The van der Waals surface area contributed by atoms with Gasteiger partial charge in [-0.3, -0.25) is 0 Å². The molecule has 2 unspecified atom stereocenters. The molecule has 0 amide bonds. The van der Waals surface area contributed by atoms with E-state index in [-0.39, 0.29) is 0 Å². The minimum Gasteiger partial charge on any atom is -0.0888 e. The smallest absolute Gasteiger partial charge is 0.0193 e. The van der Waals surface area contributed by atoms with Crippen molar-refractivity contribution in [3.05, 3.63) is 83.9 Å². The predicted octanol–water partition coefficient (Wildman–Crippen LogP) is 8.76. The lowest BCUT2D eigenvalue weighted by molar-refractivity contribution is 0.733. The number of rotatable bonds is 6. The summed E-state index contributed by atoms with van der Waals surface area (Å²) >= 11 is 0. The van der Waals surface area contributed by atoms with E-state index >= 15 is 0 Å². The maximum absolute atomic E-state index is 2.26. The number of hydrogen-bond donors (Lipinski definition) is 0. The van der Waals surface area contributed by atoms with Gasteiger partial charge in [0, 0.05) is 0 Å². The summed E-state index contributed by atoms with van der Waals surface area (Å²) in [4.78, 5) is 0. The van der Waals surface area contributed by atoms with E-state index in [2.05, 4.69) is 114 Å². The van der Waals surface area contributed by atoms with E-state index < -0.39 is 0 Å². The molecule has 0 aliphatic carbocycles. The number of hydrogen-bond acceptors (Lipinski definition) is 0. The van der Waals surface area contributed by atoms with E-state index in [1.807, 2.05) is 0 Å². The van der Waals surface area contributed by atoms with E-state index in [9.17, 15) is 0 Å². The van der Waals surface area contributed by atoms with Crippen LogP contribution in [-0.4, -0.2) is 0 Å². The highest BCUT2D eigenvalue weighted by Crippen LogP contribution is 2.17. The fourth-order valence-corrected chi connectivity index (χ4v) is 2.37. The van der Waals surface area contributed by atoms with E-state index in [0.29, 0.717) is 11.8 Å². The first-order chi connectivity index (χ1) is 12.6. The van der Waals surface area contributed by atoms with Crippen LogP contribution in [0.2, 0.25) is 0 Å². The predicted molar refractivity (Wildman–Crippen MR) is 120 cm³/mol. The highest BCUT2D eigenvalue weighted by molar-refractivity contribution is 5.19. The van der Waals surface area contributed by atoms with E-state index in [1.54, 1.807) is 0 Å². The third kappa shape index (κ3) is 11.7. The molecule has 0 aromatic heterocycles. The largest absolute Gasteiger partial charge is 0.0888 e. The first-order valence-electron chi connectivity index (χ1n) is 10.3. The molecule has 26 heavy (non-hydrogen) atoms. The summed E-state index contributed by atoms with van der Waals surface area (Å²) < 4.78 is 0. The van der Waals surface area contributed by atoms with Crippen molar-refractivity contribution < 1.29 is 0 Å². The average Bonchev–Trinajstić information content (AvgIpc) is 2.73. The van der Waals surface area contributed by atoms with Crippen LogP contribution in [-0.2, 0) is 0 Å². The molecule has 0 aliphatic rings. The summed E-state index contributed by atoms with van der Waals surface area (Å²) in [5, 5.41) is 0. The minimum absolute atomic E-state index is 0.709. The van der Waals surface area contributed by atoms with Crippen molar-refractivity contribution >= 4 is 0 Å². The summed E-state index contributed by atoms with van der Waals surface area (Å²) in [6, 6.07) is 21.3. The summed E-state index contributed by atoms with van der Waals surface area (Å²) in [7, 11) is 0. The molecule has 2 aromatic rings. The standard InChI is InChI=1S/2C10H14.C6H12/c2*1-3-9(2)10-7-5-4-6-8-10;1-3-5-6-4-2/h2*4-9H,3H2,1-2H3;5-6H,3-4H2,1-2H3/b;;6-5+. The Balaban J connectivity index is 0.000000375. The monoisotopic (exact) mass is 352 g/mol. The van der Waals surface area contributed by atoms with Crippen LogP contribution < -0.4 is 0 Å². The molecule has 0 N–H and O–H groups in total. The molecule has 0 nitrogen and oxygen atoms in total. The number of benzene rings is 2. The van der Waals surface area contributed by atoms with Crippen LogP contribution >= 0.6 is 0 Å². The van der Waals surface area contributed by atoms with Crippen molar-refractivity contribution in [1.29, 1.82) is 0 Å². The molecule has 0 radical (unpaired) electrons. The molecule has 2 rings (SSSR count). The van der Waals surface area contributed by atoms with Gasteiger partial charge in [0.05, 0.1) is 0 Å². The molecule has 0 bridgehead atoms. The van der Waals surface area contributed by atoms with E-state index in [1.165, 1.54) is 36.8 Å². The van der Waals surface area contributed by atoms with Crippen LogP contribution in [0.25, 0.3) is 0 Å². The van der Waals surface area contributed by atoms with Crippen molar-refractivity contribution in [3.63, 3.8) is 0 Å². The van der Waals surface area contributed by atoms with Gasteiger partial charge in [-0.15, -0.1) is 0 Å². The van der Waals surface area contributed by atoms with Crippen LogP contribution in [0.4, 0.5) is 0 Å². The van der Waals surface area contributed by atoms with Crippen LogP contribution in [0.1, 0.15) is 90.2 Å². The third-order valence-electron chi connectivity index (χ3n) is 4.60. The highest BCUT2D eigenvalue weighted by atomic mass is 14.0. The van der Waals surface area contributed by atoms with Crippen molar-refractivity contribution in [1.82, 2.24) is 0 Å². The molecule has 144 valence electrons. The van der Waals surface area contributed by atoms with Gasteiger partial charge in [-0.1, -0.05) is 114 Å². The van der Waals surface area contributed by atoms with Gasteiger partial charge in [0.25, 0.3) is 0 Å². The van der Waals surface area contributed by atoms with Crippen LogP contribution in [0, 0.1) is 0 Å². The third-order valence-corrected chi connectivity index (χ3v) is 4.60. The molecule has 0 heterocycles. The first kappa shape index (κ1) is 24.2. The molecular formula is C26H40. The summed E-state index contributed by atoms with van der Waals surface area (Å²) in [5.41, 5.74) is 2.90. The van der Waals surface area contributed by atoms with Gasteiger partial charge in [-0.25, -0.2) is 0 Å². The molecule has 0 aliphatic heterocycles. The molecule has 0 saturated heterocycles. The second kappa shape index (κ2) is 16.6. The van der Waals surface area contributed by atoms with E-state index in [0.717, 1.165) is 0 Å². The van der Waals surface area contributed by atoms with Gasteiger partial charge in [0.1, 0.15) is 0 Å². The van der Waals surface area contributed by atoms with Crippen molar-refractivity contribution in [2.45, 2.75) is 79.1 Å². The zero-order chi connectivity index (χ0) is 19.6. The summed E-state index contributed by atoms with van der Waals surface area (Å²) in [6.45, 7) is 13.2. The maximum atomic E-state index is 2.26. The Kier molecular flexibility index (Phi) is 15.5. The highest BCUT2D eigenvalue weighted by Gasteiger charge is 1.99. The topological polar surface area (TPSA) is 0 Å². The van der Waals surface area contributed by atoms with Gasteiger partial charge in [0.2, 0.25) is 0 Å². The molecule has 2 atom stereocenters. The number of allylic oxidation sites excluding steroid dienone is 2. The second-order valence-electron chi connectivity index (χ2n) is 6.73. The molecule has 2 aromatic carbocycles. The van der Waals surface area contributed by atoms with Gasteiger partial charge < -0.3 is 0 Å². The van der Waals surface area contributed by atoms with Crippen molar-refractivity contribution in [3.8, 4) is 0 Å². The maximum Gasteiger partial charge on any atom is -0.0193 e. The Morgan fingerprint density at radius 2 is 0.885 bits per heavy atom. The Morgan fingerprint density at radius 3 is 1.12 bits per heavy atom. The normalized spacial score (nSPS) is 12.4. The fourth-order valence-electron chi connectivity index (χ4n) is 2.37. The fraction of sp³-hybridized carbons (Fsp3) is 0.462. The lowest BCUT2D eigenvalue weighted by atomic mass is 9.99. The van der Waals surface area contributed by atoms with Gasteiger partial charge >= 0.3 is 0 Å². The van der Waals surface area contributed by atoms with Gasteiger partial charge in [-0.05, 0) is 48.6 Å². The SMILES string of the molecule is CC/C=C/CC.CCC(C)c1ccccc1.CCC(C)c1ccccc1. The average molecular weight is 353 g/mol. The van der Waals surface area contributed by atoms with Crippen molar-refractivity contribution in [2.75, 3.05) is 0 Å². The van der Waals surface area contributed by atoms with Crippen molar-refractivity contribution in [2.24, 2.45) is 0 Å². The molecule has 0 saturated carbocycles. The Bertz CT molecular complexity index is 487. The summed E-state index contributed by atoms with van der Waals surface area (Å²) in [5.74, 6) is 1.42. The Hall–Kier alpha value is -1.82. The molecule has 0 fully saturated rings. The Labute approximate surface area is 163 Å². The lowest BCUT2D eigenvalue weighted by Crippen LogP contribution is -1.88. The molecule has 0 heteroatoms.